The van der Waals surface area contributed by atoms with Crippen LogP contribution in [0.4, 0.5) is 0 Å². The fourth-order valence-corrected chi connectivity index (χ4v) is 1.63. The lowest BCUT2D eigenvalue weighted by atomic mass is 10.1. The SMILES string of the molecule is CCOCCCCNCc1ccccc1C.Cl. The number of ether oxygens (including phenoxy) is 1. The van der Waals surface area contributed by atoms with Gasteiger partial charge in [0.25, 0.3) is 0 Å². The van der Waals surface area contributed by atoms with E-state index in [0.29, 0.717) is 0 Å². The van der Waals surface area contributed by atoms with Gasteiger partial charge >= 0.3 is 0 Å². The highest BCUT2D eigenvalue weighted by molar-refractivity contribution is 5.85. The van der Waals surface area contributed by atoms with E-state index in [-0.39, 0.29) is 12.4 Å². The summed E-state index contributed by atoms with van der Waals surface area (Å²) in [6.45, 7) is 7.96. The first-order valence-electron chi connectivity index (χ1n) is 6.17. The summed E-state index contributed by atoms with van der Waals surface area (Å²) >= 11 is 0. The van der Waals surface area contributed by atoms with Crippen LogP contribution in [-0.4, -0.2) is 19.8 Å². The van der Waals surface area contributed by atoms with Crippen molar-refractivity contribution in [1.82, 2.24) is 5.32 Å². The van der Waals surface area contributed by atoms with Crippen LogP contribution in [0.2, 0.25) is 0 Å². The molecule has 0 unspecified atom stereocenters. The molecular formula is C14H24ClNO. The lowest BCUT2D eigenvalue weighted by Crippen LogP contribution is -2.15. The van der Waals surface area contributed by atoms with Crippen molar-refractivity contribution >= 4 is 12.4 Å². The van der Waals surface area contributed by atoms with E-state index in [2.05, 4.69) is 36.5 Å². The van der Waals surface area contributed by atoms with Gasteiger partial charge in [0.15, 0.2) is 0 Å². The van der Waals surface area contributed by atoms with Gasteiger partial charge in [0.05, 0.1) is 0 Å². The maximum absolute atomic E-state index is 5.29. The smallest absolute Gasteiger partial charge is 0.0466 e. The minimum atomic E-state index is 0. The molecule has 0 spiro atoms. The number of rotatable bonds is 8. The minimum Gasteiger partial charge on any atom is -0.382 e. The van der Waals surface area contributed by atoms with Crippen molar-refractivity contribution in [3.63, 3.8) is 0 Å². The van der Waals surface area contributed by atoms with E-state index in [0.717, 1.165) is 32.7 Å². The van der Waals surface area contributed by atoms with Gasteiger partial charge in [-0.05, 0) is 44.4 Å². The van der Waals surface area contributed by atoms with Crippen LogP contribution >= 0.6 is 12.4 Å². The minimum absolute atomic E-state index is 0. The van der Waals surface area contributed by atoms with Crippen molar-refractivity contribution in [3.05, 3.63) is 35.4 Å². The van der Waals surface area contributed by atoms with Crippen LogP contribution in [0.5, 0.6) is 0 Å². The summed E-state index contributed by atoms with van der Waals surface area (Å²) in [6, 6.07) is 8.52. The summed E-state index contributed by atoms with van der Waals surface area (Å²) in [6.07, 6.45) is 2.33. The monoisotopic (exact) mass is 257 g/mol. The summed E-state index contributed by atoms with van der Waals surface area (Å²) in [5.74, 6) is 0. The molecule has 0 aliphatic rings. The Labute approximate surface area is 111 Å². The third-order valence-electron chi connectivity index (χ3n) is 2.67. The van der Waals surface area contributed by atoms with Crippen LogP contribution < -0.4 is 5.32 Å². The largest absolute Gasteiger partial charge is 0.382 e. The summed E-state index contributed by atoms with van der Waals surface area (Å²) in [7, 11) is 0. The molecule has 0 radical (unpaired) electrons. The number of hydrogen-bond acceptors (Lipinski definition) is 2. The molecule has 1 aromatic carbocycles. The summed E-state index contributed by atoms with van der Waals surface area (Å²) < 4.78 is 5.29. The highest BCUT2D eigenvalue weighted by Gasteiger charge is 1.95. The third kappa shape index (κ3) is 7.37. The quantitative estimate of drug-likeness (QED) is 0.722. The Hall–Kier alpha value is -0.570. The van der Waals surface area contributed by atoms with E-state index in [9.17, 15) is 0 Å². The van der Waals surface area contributed by atoms with Crippen molar-refractivity contribution < 1.29 is 4.74 Å². The lowest BCUT2D eigenvalue weighted by molar-refractivity contribution is 0.143. The Balaban J connectivity index is 0.00000256. The van der Waals surface area contributed by atoms with Gasteiger partial charge in [-0.1, -0.05) is 24.3 Å². The summed E-state index contributed by atoms with van der Waals surface area (Å²) in [5.41, 5.74) is 2.76. The van der Waals surface area contributed by atoms with Crippen LogP contribution in [0.15, 0.2) is 24.3 Å². The Morgan fingerprint density at radius 2 is 1.94 bits per heavy atom. The number of benzene rings is 1. The molecule has 0 aromatic heterocycles. The molecule has 0 amide bonds. The zero-order valence-corrected chi connectivity index (χ0v) is 11.7. The highest BCUT2D eigenvalue weighted by Crippen LogP contribution is 2.05. The van der Waals surface area contributed by atoms with Crippen LogP contribution in [0.25, 0.3) is 0 Å². The van der Waals surface area contributed by atoms with Gasteiger partial charge in [0.1, 0.15) is 0 Å². The van der Waals surface area contributed by atoms with Gasteiger partial charge < -0.3 is 10.1 Å². The summed E-state index contributed by atoms with van der Waals surface area (Å²) in [5, 5.41) is 3.46. The lowest BCUT2D eigenvalue weighted by Gasteiger charge is -2.07. The van der Waals surface area contributed by atoms with Gasteiger partial charge in [-0.15, -0.1) is 12.4 Å². The summed E-state index contributed by atoms with van der Waals surface area (Å²) in [4.78, 5) is 0. The highest BCUT2D eigenvalue weighted by atomic mass is 35.5. The van der Waals surface area contributed by atoms with E-state index in [4.69, 9.17) is 4.74 Å². The van der Waals surface area contributed by atoms with Crippen LogP contribution in [-0.2, 0) is 11.3 Å². The molecule has 0 aliphatic heterocycles. The van der Waals surface area contributed by atoms with E-state index < -0.39 is 0 Å². The van der Waals surface area contributed by atoms with Crippen molar-refractivity contribution in [2.75, 3.05) is 19.8 Å². The van der Waals surface area contributed by atoms with Crippen molar-refractivity contribution in [2.45, 2.75) is 33.2 Å². The zero-order chi connectivity index (χ0) is 11.6. The first kappa shape index (κ1) is 16.4. The molecule has 0 heterocycles. The molecule has 1 rings (SSSR count). The predicted octanol–water partition coefficient (Wildman–Crippen LogP) is 3.32. The number of nitrogens with one attached hydrogen (secondary N) is 1. The molecule has 1 aromatic rings. The standard InChI is InChI=1S/C14H23NO.ClH/c1-3-16-11-7-6-10-15-12-14-9-5-4-8-13(14)2;/h4-5,8-9,15H,3,6-7,10-12H2,1-2H3;1H. The molecule has 2 nitrogen and oxygen atoms in total. The Kier molecular flexibility index (Phi) is 10.2. The van der Waals surface area contributed by atoms with Gasteiger partial charge in [-0.25, -0.2) is 0 Å². The normalized spacial score (nSPS) is 10.0. The molecule has 0 bridgehead atoms. The van der Waals surface area contributed by atoms with Gasteiger partial charge in [0.2, 0.25) is 0 Å². The van der Waals surface area contributed by atoms with Crippen molar-refractivity contribution in [1.29, 1.82) is 0 Å². The van der Waals surface area contributed by atoms with Crippen LogP contribution in [0.1, 0.15) is 30.9 Å². The first-order chi connectivity index (χ1) is 7.84. The number of hydrogen-bond donors (Lipinski definition) is 1. The number of unbranched alkanes of at least 4 members (excludes halogenated alkanes) is 1. The van der Waals surface area contributed by atoms with Crippen molar-refractivity contribution in [3.8, 4) is 0 Å². The van der Waals surface area contributed by atoms with E-state index in [1.807, 2.05) is 6.92 Å². The van der Waals surface area contributed by atoms with Gasteiger partial charge in [-0.3, -0.25) is 0 Å². The molecule has 98 valence electrons. The molecule has 0 fully saturated rings. The van der Waals surface area contributed by atoms with E-state index in [1.54, 1.807) is 0 Å². The Morgan fingerprint density at radius 1 is 1.18 bits per heavy atom. The molecule has 3 heteroatoms. The fraction of sp³-hybridized carbons (Fsp3) is 0.571. The molecule has 17 heavy (non-hydrogen) atoms. The predicted molar refractivity (Wildman–Crippen MR) is 75.9 cm³/mol. The number of halogens is 1. The second-order valence-corrected chi connectivity index (χ2v) is 4.01. The average molecular weight is 258 g/mol. The third-order valence-corrected chi connectivity index (χ3v) is 2.67. The van der Waals surface area contributed by atoms with Crippen LogP contribution in [0.3, 0.4) is 0 Å². The number of aryl methyl sites for hydroxylation is 1. The molecular weight excluding hydrogens is 234 g/mol. The second-order valence-electron chi connectivity index (χ2n) is 4.01. The van der Waals surface area contributed by atoms with Gasteiger partial charge in [-0.2, -0.15) is 0 Å². The topological polar surface area (TPSA) is 21.3 Å². The zero-order valence-electron chi connectivity index (χ0n) is 10.9. The van der Waals surface area contributed by atoms with Crippen molar-refractivity contribution in [2.24, 2.45) is 0 Å². The van der Waals surface area contributed by atoms with E-state index >= 15 is 0 Å². The fourth-order valence-electron chi connectivity index (χ4n) is 1.63. The van der Waals surface area contributed by atoms with Gasteiger partial charge in [0, 0.05) is 19.8 Å². The molecule has 0 saturated heterocycles. The second kappa shape index (κ2) is 10.6. The maximum atomic E-state index is 5.29. The molecule has 0 saturated carbocycles. The Bertz CT molecular complexity index is 291. The average Bonchev–Trinajstić information content (AvgIpc) is 2.30. The molecule has 0 aliphatic carbocycles. The first-order valence-corrected chi connectivity index (χ1v) is 6.17. The maximum Gasteiger partial charge on any atom is 0.0466 e. The molecule has 0 atom stereocenters. The Morgan fingerprint density at radius 3 is 2.65 bits per heavy atom. The van der Waals surface area contributed by atoms with Crippen LogP contribution in [0, 0.1) is 6.92 Å². The molecule has 1 N–H and O–H groups in total. The van der Waals surface area contributed by atoms with E-state index in [1.165, 1.54) is 17.5 Å².